The summed E-state index contributed by atoms with van der Waals surface area (Å²) >= 11 is 0. The van der Waals surface area contributed by atoms with Crippen LogP contribution >= 0.6 is 7.60 Å². The molecule has 0 aromatic carbocycles. The molecule has 0 saturated carbocycles. The predicted molar refractivity (Wildman–Crippen MR) is 70.6 cm³/mol. The zero-order chi connectivity index (χ0) is 14.3. The molecule has 0 bridgehead atoms. The quantitative estimate of drug-likeness (QED) is 0.511. The van der Waals surface area contributed by atoms with Crippen LogP contribution in [0.5, 0.6) is 0 Å². The number of anilines is 3. The van der Waals surface area contributed by atoms with E-state index >= 15 is 0 Å². The molecule has 3 heterocycles. The van der Waals surface area contributed by atoms with Crippen LogP contribution < -0.4 is 21.5 Å². The van der Waals surface area contributed by atoms with Gasteiger partial charge in [0.05, 0.1) is 19.4 Å². The number of ether oxygens (including phenoxy) is 1. The maximum absolute atomic E-state index is 11.7. The van der Waals surface area contributed by atoms with Gasteiger partial charge in [-0.05, 0) is 0 Å². The van der Waals surface area contributed by atoms with Gasteiger partial charge in [0.15, 0.2) is 5.82 Å². The summed E-state index contributed by atoms with van der Waals surface area (Å²) in [6.07, 6.45) is -0.712. The van der Waals surface area contributed by atoms with E-state index in [1.807, 2.05) is 0 Å². The minimum Gasteiger partial charge on any atom is -0.369 e. The Kier molecular flexibility index (Phi) is 3.17. The number of H-pyrrole nitrogens is 1. The fraction of sp³-hybridized carbons (Fsp3) is 0.556. The third-order valence-electron chi connectivity index (χ3n) is 3.02. The highest BCUT2D eigenvalue weighted by Gasteiger charge is 2.33. The van der Waals surface area contributed by atoms with Crippen LogP contribution in [0.3, 0.4) is 0 Å². The number of hydrogen-bond donors (Lipinski definition) is 4. The molecular weight excluding hydrogens is 289 g/mol. The summed E-state index contributed by atoms with van der Waals surface area (Å²) in [6.45, 7) is 0.764. The highest BCUT2D eigenvalue weighted by Crippen LogP contribution is 2.45. The SMILES string of the molecule is Nc1nc2c(c(=O)[nH]1)NCN2C[C@@H]1COP(=O)(O)CO1. The average Bonchev–Trinajstić information content (AvgIpc) is 2.75. The third kappa shape index (κ3) is 2.50. The summed E-state index contributed by atoms with van der Waals surface area (Å²) in [5.74, 6) is 0.468. The molecule has 3 rings (SSSR count). The largest absolute Gasteiger partial charge is 0.369 e. The summed E-state index contributed by atoms with van der Waals surface area (Å²) in [7, 11) is -3.60. The Morgan fingerprint density at radius 3 is 3.10 bits per heavy atom. The Hall–Kier alpha value is -1.61. The molecule has 1 fully saturated rings. The van der Waals surface area contributed by atoms with Crippen LogP contribution in [0.1, 0.15) is 0 Å². The van der Waals surface area contributed by atoms with Crippen molar-refractivity contribution in [1.29, 1.82) is 0 Å². The zero-order valence-electron chi connectivity index (χ0n) is 10.4. The first-order valence-corrected chi connectivity index (χ1v) is 7.67. The standard InChI is InChI=1S/C9H14N5O5P/c10-9-12-7-6(8(15)13-9)11-3-14(7)1-5-2-19-20(16,17)4-18-5/h5,11H,1-4H2,(H,16,17)(H3,10,12,13,15)/t5-/m1/s1. The number of nitrogens with zero attached hydrogens (tertiary/aromatic N) is 2. The Morgan fingerprint density at radius 1 is 1.60 bits per heavy atom. The number of aromatic nitrogens is 2. The van der Waals surface area contributed by atoms with Crippen LogP contribution in [-0.4, -0.2) is 47.1 Å². The van der Waals surface area contributed by atoms with Gasteiger partial charge in [-0.25, -0.2) is 0 Å². The van der Waals surface area contributed by atoms with Crippen molar-refractivity contribution in [3.63, 3.8) is 0 Å². The van der Waals surface area contributed by atoms with E-state index in [0.717, 1.165) is 0 Å². The summed E-state index contributed by atoms with van der Waals surface area (Å²) in [5, 5.41) is 2.92. The van der Waals surface area contributed by atoms with Gasteiger partial charge < -0.3 is 30.1 Å². The van der Waals surface area contributed by atoms with Gasteiger partial charge in [0, 0.05) is 6.54 Å². The smallest absolute Gasteiger partial charge is 0.353 e. The van der Waals surface area contributed by atoms with Gasteiger partial charge in [-0.2, -0.15) is 4.98 Å². The second-order valence-corrected chi connectivity index (χ2v) is 6.35. The number of hydrogen-bond acceptors (Lipinski definition) is 8. The highest BCUT2D eigenvalue weighted by molar-refractivity contribution is 7.52. The molecule has 2 aliphatic rings. The first-order valence-electron chi connectivity index (χ1n) is 5.91. The van der Waals surface area contributed by atoms with E-state index in [9.17, 15) is 14.3 Å². The lowest BCUT2D eigenvalue weighted by molar-refractivity contribution is 0.00570. The molecule has 1 saturated heterocycles. The lowest BCUT2D eigenvalue weighted by Crippen LogP contribution is -2.39. The topological polar surface area (TPSA) is 143 Å². The predicted octanol–water partition coefficient (Wildman–Crippen LogP) is -0.900. The Labute approximate surface area is 113 Å². The van der Waals surface area contributed by atoms with Gasteiger partial charge in [-0.1, -0.05) is 0 Å². The van der Waals surface area contributed by atoms with Gasteiger partial charge in [0.25, 0.3) is 5.56 Å². The molecule has 1 aromatic rings. The lowest BCUT2D eigenvalue weighted by Gasteiger charge is -2.29. The number of rotatable bonds is 2. The van der Waals surface area contributed by atoms with Gasteiger partial charge >= 0.3 is 7.60 Å². The maximum atomic E-state index is 11.7. The van der Waals surface area contributed by atoms with E-state index in [0.29, 0.717) is 24.7 Å². The first kappa shape index (κ1) is 13.4. The monoisotopic (exact) mass is 303 g/mol. The van der Waals surface area contributed by atoms with E-state index in [-0.39, 0.29) is 30.6 Å². The number of nitrogen functional groups attached to an aromatic ring is 1. The number of fused-ring (bicyclic) bond motifs is 1. The number of nitrogens with two attached hydrogens (primary N) is 1. The molecule has 11 heteroatoms. The molecule has 2 atom stereocenters. The summed E-state index contributed by atoms with van der Waals surface area (Å²) in [6, 6.07) is 0. The van der Waals surface area contributed by atoms with Crippen LogP contribution in [0, 0.1) is 0 Å². The fourth-order valence-corrected chi connectivity index (χ4v) is 2.98. The van der Waals surface area contributed by atoms with Crippen LogP contribution in [-0.2, 0) is 13.8 Å². The summed E-state index contributed by atoms with van der Waals surface area (Å²) in [4.78, 5) is 29.1. The van der Waals surface area contributed by atoms with Gasteiger partial charge in [0.2, 0.25) is 5.95 Å². The van der Waals surface area contributed by atoms with Gasteiger partial charge in [-0.3, -0.25) is 14.3 Å². The molecule has 20 heavy (non-hydrogen) atoms. The minimum absolute atomic E-state index is 0.0122. The molecule has 5 N–H and O–H groups in total. The molecule has 1 unspecified atom stereocenters. The van der Waals surface area contributed by atoms with E-state index in [2.05, 4.69) is 15.3 Å². The van der Waals surface area contributed by atoms with Crippen LogP contribution in [0.15, 0.2) is 4.79 Å². The van der Waals surface area contributed by atoms with Crippen molar-refractivity contribution in [1.82, 2.24) is 9.97 Å². The molecule has 10 nitrogen and oxygen atoms in total. The van der Waals surface area contributed by atoms with Crippen molar-refractivity contribution in [2.45, 2.75) is 6.10 Å². The number of aromatic amines is 1. The van der Waals surface area contributed by atoms with Gasteiger partial charge in [0.1, 0.15) is 12.0 Å². The van der Waals surface area contributed by atoms with E-state index < -0.39 is 7.60 Å². The maximum Gasteiger partial charge on any atom is 0.353 e. The van der Waals surface area contributed by atoms with Crippen molar-refractivity contribution in [3.05, 3.63) is 10.4 Å². The minimum atomic E-state index is -3.60. The Balaban J connectivity index is 1.73. The average molecular weight is 303 g/mol. The van der Waals surface area contributed by atoms with Crippen LogP contribution in [0.4, 0.5) is 17.5 Å². The van der Waals surface area contributed by atoms with Crippen LogP contribution in [0.2, 0.25) is 0 Å². The second-order valence-electron chi connectivity index (χ2n) is 4.56. The van der Waals surface area contributed by atoms with E-state index in [1.54, 1.807) is 4.90 Å². The zero-order valence-corrected chi connectivity index (χ0v) is 11.3. The molecule has 0 amide bonds. The van der Waals surface area contributed by atoms with E-state index in [1.165, 1.54) is 0 Å². The van der Waals surface area contributed by atoms with Crippen molar-refractivity contribution in [3.8, 4) is 0 Å². The van der Waals surface area contributed by atoms with Crippen molar-refractivity contribution < 1.29 is 18.7 Å². The van der Waals surface area contributed by atoms with E-state index in [4.69, 9.17) is 15.0 Å². The second kappa shape index (κ2) is 4.74. The van der Waals surface area contributed by atoms with Crippen molar-refractivity contribution in [2.24, 2.45) is 0 Å². The molecule has 2 aliphatic heterocycles. The molecule has 1 aromatic heterocycles. The number of nitrogens with one attached hydrogen (secondary N) is 2. The molecule has 110 valence electrons. The first-order chi connectivity index (χ1) is 9.44. The Morgan fingerprint density at radius 2 is 2.40 bits per heavy atom. The van der Waals surface area contributed by atoms with Crippen LogP contribution in [0.25, 0.3) is 0 Å². The molecular formula is C9H14N5O5P. The molecule has 0 spiro atoms. The highest BCUT2D eigenvalue weighted by atomic mass is 31.2. The Bertz CT molecular complexity index is 622. The normalized spacial score (nSPS) is 29.1. The van der Waals surface area contributed by atoms with Crippen molar-refractivity contribution in [2.75, 3.05) is 42.1 Å². The lowest BCUT2D eigenvalue weighted by atomic mass is 10.3. The summed E-state index contributed by atoms with van der Waals surface area (Å²) in [5.41, 5.74) is 5.53. The summed E-state index contributed by atoms with van der Waals surface area (Å²) < 4.78 is 21.3. The molecule has 0 radical (unpaired) electrons. The third-order valence-corrected chi connectivity index (χ3v) is 4.05. The van der Waals surface area contributed by atoms with Gasteiger partial charge in [-0.15, -0.1) is 0 Å². The molecule has 0 aliphatic carbocycles. The van der Waals surface area contributed by atoms with Crippen molar-refractivity contribution >= 4 is 25.0 Å². The fourth-order valence-electron chi connectivity index (χ4n) is 2.10.